The van der Waals surface area contributed by atoms with Gasteiger partial charge < -0.3 is 10.5 Å². The molecular formula is C11H16N2OS. The molecule has 1 aliphatic carbocycles. The molecule has 1 saturated carbocycles. The molecule has 0 spiro atoms. The van der Waals surface area contributed by atoms with E-state index in [9.17, 15) is 0 Å². The molecule has 2 N–H and O–H groups in total. The third-order valence-corrected chi connectivity index (χ3v) is 4.11. The van der Waals surface area contributed by atoms with Gasteiger partial charge in [-0.15, -0.1) is 11.3 Å². The first-order chi connectivity index (χ1) is 7.28. The van der Waals surface area contributed by atoms with Crippen LogP contribution in [0.3, 0.4) is 0 Å². The van der Waals surface area contributed by atoms with Crippen LogP contribution in [0.15, 0.2) is 10.9 Å². The predicted molar refractivity (Wildman–Crippen MR) is 59.8 cm³/mol. The molecular weight excluding hydrogens is 208 g/mol. The Balaban J connectivity index is 1.76. The van der Waals surface area contributed by atoms with Gasteiger partial charge in [0.1, 0.15) is 0 Å². The summed E-state index contributed by atoms with van der Waals surface area (Å²) in [6.07, 6.45) is 4.71. The molecule has 2 heterocycles. The SMILES string of the molecule is NC1(Cc2cscn2)CCOC1C1CC1. The first kappa shape index (κ1) is 9.75. The largest absolute Gasteiger partial charge is 0.376 e. The van der Waals surface area contributed by atoms with Crippen LogP contribution in [0.1, 0.15) is 25.0 Å². The fourth-order valence-electron chi connectivity index (χ4n) is 2.54. The van der Waals surface area contributed by atoms with Crippen LogP contribution >= 0.6 is 11.3 Å². The van der Waals surface area contributed by atoms with Crippen molar-refractivity contribution in [2.45, 2.75) is 37.3 Å². The number of nitrogens with two attached hydrogens (primary N) is 1. The summed E-state index contributed by atoms with van der Waals surface area (Å²) in [5.74, 6) is 0.719. The van der Waals surface area contributed by atoms with E-state index < -0.39 is 0 Å². The minimum atomic E-state index is -0.157. The molecule has 1 aromatic heterocycles. The third-order valence-electron chi connectivity index (χ3n) is 3.48. The molecule has 3 nitrogen and oxygen atoms in total. The third kappa shape index (κ3) is 1.82. The molecule has 2 fully saturated rings. The predicted octanol–water partition coefficient (Wildman–Crippen LogP) is 1.58. The van der Waals surface area contributed by atoms with Gasteiger partial charge in [-0.3, -0.25) is 0 Å². The molecule has 0 amide bonds. The van der Waals surface area contributed by atoms with Gasteiger partial charge in [-0.1, -0.05) is 0 Å². The number of thiazole rings is 1. The van der Waals surface area contributed by atoms with E-state index in [-0.39, 0.29) is 11.6 Å². The van der Waals surface area contributed by atoms with Crippen molar-refractivity contribution in [3.05, 3.63) is 16.6 Å². The molecule has 2 atom stereocenters. The second-order valence-corrected chi connectivity index (χ2v) is 5.49. The zero-order chi connectivity index (χ0) is 10.3. The highest BCUT2D eigenvalue weighted by Crippen LogP contribution is 2.43. The van der Waals surface area contributed by atoms with Gasteiger partial charge >= 0.3 is 0 Å². The smallest absolute Gasteiger partial charge is 0.0794 e. The quantitative estimate of drug-likeness (QED) is 0.848. The molecule has 1 aliphatic heterocycles. The summed E-state index contributed by atoms with van der Waals surface area (Å²) in [4.78, 5) is 4.32. The maximum Gasteiger partial charge on any atom is 0.0794 e. The van der Waals surface area contributed by atoms with Crippen molar-refractivity contribution >= 4 is 11.3 Å². The lowest BCUT2D eigenvalue weighted by atomic mass is 9.85. The van der Waals surface area contributed by atoms with E-state index in [0.29, 0.717) is 0 Å². The molecule has 82 valence electrons. The molecule has 1 aromatic rings. The Morgan fingerprint density at radius 1 is 1.60 bits per heavy atom. The topological polar surface area (TPSA) is 48.1 Å². The summed E-state index contributed by atoms with van der Waals surface area (Å²) in [6.45, 7) is 0.821. The number of nitrogens with zero attached hydrogens (tertiary/aromatic N) is 1. The zero-order valence-corrected chi connectivity index (χ0v) is 9.50. The van der Waals surface area contributed by atoms with Gasteiger partial charge in [-0.05, 0) is 25.2 Å². The number of hydrogen-bond donors (Lipinski definition) is 1. The second kappa shape index (κ2) is 3.54. The maximum atomic E-state index is 6.48. The Kier molecular flexibility index (Phi) is 2.30. The Bertz CT molecular complexity index is 336. The molecule has 2 aliphatic rings. The monoisotopic (exact) mass is 224 g/mol. The summed E-state index contributed by atoms with van der Waals surface area (Å²) in [6, 6.07) is 0. The Morgan fingerprint density at radius 2 is 2.47 bits per heavy atom. The van der Waals surface area contributed by atoms with Crippen LogP contribution in [-0.2, 0) is 11.2 Å². The van der Waals surface area contributed by atoms with E-state index in [1.807, 2.05) is 5.51 Å². The highest BCUT2D eigenvalue weighted by Gasteiger charge is 2.48. The van der Waals surface area contributed by atoms with Crippen molar-refractivity contribution in [3.8, 4) is 0 Å². The molecule has 0 bridgehead atoms. The number of rotatable bonds is 3. The first-order valence-electron chi connectivity index (χ1n) is 5.55. The fraction of sp³-hybridized carbons (Fsp3) is 0.727. The van der Waals surface area contributed by atoms with Crippen molar-refractivity contribution < 1.29 is 4.74 Å². The average Bonchev–Trinajstić information content (AvgIpc) is 2.79. The van der Waals surface area contributed by atoms with Gasteiger partial charge in [0.05, 0.1) is 22.8 Å². The van der Waals surface area contributed by atoms with Crippen LogP contribution in [0.25, 0.3) is 0 Å². The van der Waals surface area contributed by atoms with E-state index in [1.165, 1.54) is 12.8 Å². The molecule has 1 saturated heterocycles. The van der Waals surface area contributed by atoms with Crippen LogP contribution in [0.2, 0.25) is 0 Å². The van der Waals surface area contributed by atoms with Crippen LogP contribution < -0.4 is 5.73 Å². The standard InChI is InChI=1S/C11H16N2OS/c12-11(5-9-6-15-7-13-9)3-4-14-10(11)8-1-2-8/h6-8,10H,1-5,12H2. The molecule has 15 heavy (non-hydrogen) atoms. The van der Waals surface area contributed by atoms with Crippen LogP contribution in [-0.4, -0.2) is 23.2 Å². The average molecular weight is 224 g/mol. The van der Waals surface area contributed by atoms with E-state index in [1.54, 1.807) is 11.3 Å². The summed E-state index contributed by atoms with van der Waals surface area (Å²) >= 11 is 1.64. The van der Waals surface area contributed by atoms with E-state index in [4.69, 9.17) is 10.5 Å². The normalized spacial score (nSPS) is 35.9. The number of aromatic nitrogens is 1. The van der Waals surface area contributed by atoms with Gasteiger partial charge in [0.2, 0.25) is 0 Å². The second-order valence-electron chi connectivity index (χ2n) is 4.77. The highest BCUT2D eigenvalue weighted by atomic mass is 32.1. The van der Waals surface area contributed by atoms with Gasteiger partial charge in [-0.2, -0.15) is 0 Å². The summed E-state index contributed by atoms with van der Waals surface area (Å²) in [7, 11) is 0. The van der Waals surface area contributed by atoms with Crippen molar-refractivity contribution in [2.75, 3.05) is 6.61 Å². The van der Waals surface area contributed by atoms with Crippen LogP contribution in [0.4, 0.5) is 0 Å². The van der Waals surface area contributed by atoms with Crippen molar-refractivity contribution in [3.63, 3.8) is 0 Å². The van der Waals surface area contributed by atoms with E-state index in [2.05, 4.69) is 10.4 Å². The van der Waals surface area contributed by atoms with E-state index >= 15 is 0 Å². The number of hydrogen-bond acceptors (Lipinski definition) is 4. The Hall–Kier alpha value is -0.450. The first-order valence-corrected chi connectivity index (χ1v) is 6.50. The van der Waals surface area contributed by atoms with Crippen molar-refractivity contribution in [1.29, 1.82) is 0 Å². The van der Waals surface area contributed by atoms with Crippen molar-refractivity contribution in [1.82, 2.24) is 4.98 Å². The Morgan fingerprint density at radius 3 is 3.13 bits per heavy atom. The molecule has 4 heteroatoms. The van der Waals surface area contributed by atoms with Gasteiger partial charge in [0.25, 0.3) is 0 Å². The lowest BCUT2D eigenvalue weighted by molar-refractivity contribution is 0.0624. The van der Waals surface area contributed by atoms with Gasteiger partial charge in [0.15, 0.2) is 0 Å². The molecule has 0 aromatic carbocycles. The zero-order valence-electron chi connectivity index (χ0n) is 8.69. The van der Waals surface area contributed by atoms with Crippen LogP contribution in [0, 0.1) is 5.92 Å². The fourth-order valence-corrected chi connectivity index (χ4v) is 3.10. The van der Waals surface area contributed by atoms with Gasteiger partial charge in [0, 0.05) is 18.4 Å². The number of ether oxygens (including phenoxy) is 1. The summed E-state index contributed by atoms with van der Waals surface area (Å²) in [5, 5.41) is 2.09. The highest BCUT2D eigenvalue weighted by molar-refractivity contribution is 7.07. The van der Waals surface area contributed by atoms with E-state index in [0.717, 1.165) is 31.1 Å². The molecule has 2 unspecified atom stereocenters. The minimum Gasteiger partial charge on any atom is -0.376 e. The lowest BCUT2D eigenvalue weighted by Crippen LogP contribution is -2.50. The van der Waals surface area contributed by atoms with Crippen molar-refractivity contribution in [2.24, 2.45) is 11.7 Å². The van der Waals surface area contributed by atoms with Gasteiger partial charge in [-0.25, -0.2) is 4.98 Å². The molecule has 3 rings (SSSR count). The lowest BCUT2D eigenvalue weighted by Gasteiger charge is -2.29. The summed E-state index contributed by atoms with van der Waals surface area (Å²) in [5.41, 5.74) is 9.32. The maximum absolute atomic E-state index is 6.48. The van der Waals surface area contributed by atoms with Crippen LogP contribution in [0.5, 0.6) is 0 Å². The summed E-state index contributed by atoms with van der Waals surface area (Å²) < 4.78 is 5.79. The molecule has 0 radical (unpaired) electrons. The Labute approximate surface area is 93.7 Å². The minimum absolute atomic E-state index is 0.157.